The number of hydrogen-bond donors (Lipinski definition) is 0. The van der Waals surface area contributed by atoms with Crippen LogP contribution in [0.4, 0.5) is 0 Å². The molecule has 0 spiro atoms. The number of carbonyl (C=O) groups excluding carboxylic acids is 3. The van der Waals surface area contributed by atoms with Gasteiger partial charge in [-0.25, -0.2) is 0 Å². The van der Waals surface area contributed by atoms with Crippen molar-refractivity contribution >= 4 is 17.9 Å². The Labute approximate surface area is 520 Å². The van der Waals surface area contributed by atoms with Gasteiger partial charge >= 0.3 is 17.9 Å². The summed E-state index contributed by atoms with van der Waals surface area (Å²) in [4.78, 5) is 38.1. The molecule has 0 aromatic carbocycles. The smallest absolute Gasteiger partial charge is 0.306 e. The summed E-state index contributed by atoms with van der Waals surface area (Å²) in [6.07, 6.45) is 88.1. The highest BCUT2D eigenvalue weighted by atomic mass is 16.6. The molecule has 0 saturated carbocycles. The lowest BCUT2D eigenvalue weighted by Crippen LogP contribution is -2.30. The van der Waals surface area contributed by atoms with Gasteiger partial charge in [0.25, 0.3) is 0 Å². The number of ether oxygens (including phenoxy) is 3. The topological polar surface area (TPSA) is 78.9 Å². The van der Waals surface area contributed by atoms with Crippen molar-refractivity contribution in [2.75, 3.05) is 13.2 Å². The molecule has 0 heterocycles. The van der Waals surface area contributed by atoms with Crippen LogP contribution in [0.2, 0.25) is 0 Å². The summed E-state index contributed by atoms with van der Waals surface area (Å²) in [7, 11) is 0. The van der Waals surface area contributed by atoms with Crippen LogP contribution in [-0.2, 0) is 28.6 Å². The molecule has 0 aliphatic heterocycles. The maximum atomic E-state index is 12.9. The van der Waals surface area contributed by atoms with E-state index in [1.54, 1.807) is 0 Å². The lowest BCUT2D eigenvalue weighted by molar-refractivity contribution is -0.167. The fraction of sp³-hybridized carbons (Fsp3) is 0.961. The largest absolute Gasteiger partial charge is 0.462 e. The minimum Gasteiger partial charge on any atom is -0.462 e. The second kappa shape index (κ2) is 72.9. The van der Waals surface area contributed by atoms with Crippen LogP contribution in [0.3, 0.4) is 0 Å². The average Bonchev–Trinajstić information content (AvgIpc) is 3.49. The number of unbranched alkanes of at least 4 members (excludes halogenated alkanes) is 62. The average molecular weight is 1170 g/mol. The van der Waals surface area contributed by atoms with Crippen LogP contribution in [0.15, 0.2) is 0 Å². The third-order valence-corrected chi connectivity index (χ3v) is 18.1. The zero-order valence-corrected chi connectivity index (χ0v) is 57.0. The summed E-state index contributed by atoms with van der Waals surface area (Å²) in [6, 6.07) is 0. The standard InChI is InChI=1S/C77H150O6/c1-4-7-10-13-15-17-19-21-23-25-27-29-31-33-35-36-37-38-39-40-42-43-45-47-49-51-53-55-57-59-61-64-67-70-76(79)82-73-74(72-81-75(78)69-66-63-12-9-6-3)83-77(80)71-68-65-62-60-58-56-54-52-50-48-46-44-41-34-32-30-28-26-24-22-20-18-16-14-11-8-5-2/h74H,4-73H2,1-3H3. The molecule has 0 aromatic rings. The molecule has 0 radical (unpaired) electrons. The van der Waals surface area contributed by atoms with Crippen LogP contribution in [-0.4, -0.2) is 37.2 Å². The van der Waals surface area contributed by atoms with Gasteiger partial charge in [-0.3, -0.25) is 14.4 Å². The minimum atomic E-state index is -0.762. The van der Waals surface area contributed by atoms with Crippen LogP contribution in [0, 0.1) is 0 Å². The lowest BCUT2D eigenvalue weighted by Gasteiger charge is -2.18. The molecule has 0 bridgehead atoms. The highest BCUT2D eigenvalue weighted by Gasteiger charge is 2.20. The van der Waals surface area contributed by atoms with E-state index in [1.807, 2.05) is 0 Å². The van der Waals surface area contributed by atoms with E-state index in [-0.39, 0.29) is 31.1 Å². The molecule has 0 aromatic heterocycles. The van der Waals surface area contributed by atoms with E-state index in [2.05, 4.69) is 20.8 Å². The fourth-order valence-electron chi connectivity index (χ4n) is 12.3. The molecule has 0 amide bonds. The van der Waals surface area contributed by atoms with Gasteiger partial charge in [-0.1, -0.05) is 419 Å². The highest BCUT2D eigenvalue weighted by Crippen LogP contribution is 2.20. The Morgan fingerprint density at radius 3 is 0.482 bits per heavy atom. The Morgan fingerprint density at radius 2 is 0.325 bits per heavy atom. The number of carbonyl (C=O) groups is 3. The van der Waals surface area contributed by atoms with Crippen molar-refractivity contribution in [3.63, 3.8) is 0 Å². The van der Waals surface area contributed by atoms with Gasteiger partial charge in [-0.05, 0) is 19.3 Å². The van der Waals surface area contributed by atoms with Crippen LogP contribution in [0.1, 0.15) is 457 Å². The maximum Gasteiger partial charge on any atom is 0.306 e. The second-order valence-electron chi connectivity index (χ2n) is 26.6. The monoisotopic (exact) mass is 1170 g/mol. The molecule has 0 N–H and O–H groups in total. The van der Waals surface area contributed by atoms with Gasteiger partial charge in [0.05, 0.1) is 0 Å². The first-order chi connectivity index (χ1) is 41.0. The van der Waals surface area contributed by atoms with E-state index in [0.717, 1.165) is 64.2 Å². The molecule has 1 atom stereocenters. The predicted molar refractivity (Wildman–Crippen MR) is 363 cm³/mol. The molecular weight excluding hydrogens is 1020 g/mol. The Morgan fingerprint density at radius 1 is 0.193 bits per heavy atom. The van der Waals surface area contributed by atoms with E-state index in [0.29, 0.717) is 19.3 Å². The molecule has 1 unspecified atom stereocenters. The zero-order chi connectivity index (χ0) is 59.9. The van der Waals surface area contributed by atoms with E-state index in [4.69, 9.17) is 14.2 Å². The van der Waals surface area contributed by atoms with E-state index >= 15 is 0 Å². The Kier molecular flexibility index (Phi) is 71.5. The van der Waals surface area contributed by atoms with Crippen LogP contribution in [0.5, 0.6) is 0 Å². The summed E-state index contributed by atoms with van der Waals surface area (Å²) in [5.74, 6) is -0.840. The molecule has 494 valence electrons. The molecule has 0 fully saturated rings. The molecule has 0 saturated heterocycles. The number of rotatable bonds is 73. The van der Waals surface area contributed by atoms with E-state index in [9.17, 15) is 14.4 Å². The predicted octanol–water partition coefficient (Wildman–Crippen LogP) is 26.6. The van der Waals surface area contributed by atoms with Gasteiger partial charge in [0, 0.05) is 19.3 Å². The number of hydrogen-bond acceptors (Lipinski definition) is 6. The Hall–Kier alpha value is -1.59. The molecule has 6 heteroatoms. The normalized spacial score (nSPS) is 11.9. The van der Waals surface area contributed by atoms with Crippen molar-refractivity contribution in [1.82, 2.24) is 0 Å². The third-order valence-electron chi connectivity index (χ3n) is 18.1. The third kappa shape index (κ3) is 71.1. The summed E-state index contributed by atoms with van der Waals surface area (Å²) < 4.78 is 16.9. The minimum absolute atomic E-state index is 0.0620. The first-order valence-electron chi connectivity index (χ1n) is 38.5. The summed E-state index contributed by atoms with van der Waals surface area (Å²) in [5, 5.41) is 0. The van der Waals surface area contributed by atoms with Crippen molar-refractivity contribution < 1.29 is 28.6 Å². The first kappa shape index (κ1) is 81.4. The van der Waals surface area contributed by atoms with Crippen molar-refractivity contribution in [2.24, 2.45) is 0 Å². The Balaban J connectivity index is 3.83. The van der Waals surface area contributed by atoms with Crippen LogP contribution >= 0.6 is 0 Å². The SMILES string of the molecule is CCCCCCCCCCCCCCCCCCCCCCCCCCCCCCCCCCCC(=O)OCC(COC(=O)CCCCCCC)OC(=O)CCCCCCCCCCCCCCCCCCCCCCCCCCCCC. The molecule has 0 aliphatic rings. The van der Waals surface area contributed by atoms with Gasteiger partial charge < -0.3 is 14.2 Å². The molecule has 0 rings (SSSR count). The maximum absolute atomic E-state index is 12.9. The fourth-order valence-corrected chi connectivity index (χ4v) is 12.3. The summed E-state index contributed by atoms with van der Waals surface area (Å²) >= 11 is 0. The van der Waals surface area contributed by atoms with Crippen molar-refractivity contribution in [3.05, 3.63) is 0 Å². The van der Waals surface area contributed by atoms with Gasteiger partial charge in [-0.2, -0.15) is 0 Å². The molecular formula is C77H150O6. The molecule has 6 nitrogen and oxygen atoms in total. The van der Waals surface area contributed by atoms with E-state index in [1.165, 1.54) is 353 Å². The van der Waals surface area contributed by atoms with Crippen molar-refractivity contribution in [1.29, 1.82) is 0 Å². The van der Waals surface area contributed by atoms with Gasteiger partial charge in [0.2, 0.25) is 0 Å². The Bertz CT molecular complexity index is 1250. The highest BCUT2D eigenvalue weighted by molar-refractivity contribution is 5.71. The van der Waals surface area contributed by atoms with Gasteiger partial charge in [0.1, 0.15) is 13.2 Å². The molecule has 83 heavy (non-hydrogen) atoms. The van der Waals surface area contributed by atoms with Gasteiger partial charge in [-0.15, -0.1) is 0 Å². The zero-order valence-electron chi connectivity index (χ0n) is 57.0. The quantitative estimate of drug-likeness (QED) is 0.0343. The number of esters is 3. The van der Waals surface area contributed by atoms with Gasteiger partial charge in [0.15, 0.2) is 6.10 Å². The van der Waals surface area contributed by atoms with E-state index < -0.39 is 6.10 Å². The van der Waals surface area contributed by atoms with Crippen molar-refractivity contribution in [3.8, 4) is 0 Å². The summed E-state index contributed by atoms with van der Waals surface area (Å²) in [5.41, 5.74) is 0. The van der Waals surface area contributed by atoms with Crippen LogP contribution in [0.25, 0.3) is 0 Å². The van der Waals surface area contributed by atoms with Crippen LogP contribution < -0.4 is 0 Å². The summed E-state index contributed by atoms with van der Waals surface area (Å²) in [6.45, 7) is 6.66. The molecule has 0 aliphatic carbocycles. The first-order valence-corrected chi connectivity index (χ1v) is 38.5. The van der Waals surface area contributed by atoms with Crippen molar-refractivity contribution in [2.45, 2.75) is 463 Å². The lowest BCUT2D eigenvalue weighted by atomic mass is 10.0. The second-order valence-corrected chi connectivity index (χ2v) is 26.6.